The molecule has 0 unspecified atom stereocenters. The van der Waals surface area contributed by atoms with Crippen molar-refractivity contribution in [2.75, 3.05) is 44.4 Å². The lowest BCUT2D eigenvalue weighted by atomic mass is 10.3. The van der Waals surface area contributed by atoms with E-state index in [-0.39, 0.29) is 6.03 Å². The lowest BCUT2D eigenvalue weighted by Gasteiger charge is -2.13. The average Bonchev–Trinajstić information content (AvgIpc) is 2.41. The molecule has 0 aliphatic rings. The first-order valence-electron chi connectivity index (χ1n) is 6.52. The normalized spacial score (nSPS) is 9.84. The number of nitrogens with zero attached hydrogens (tertiary/aromatic N) is 2. The number of urea groups is 1. The standard InChI is InChI=1S/C13H23N5O/c1-4-6-15-12-10-11(5-7-16-12)14-8-9-17-13(19)18(2)3/h5,7,10H,4,6,8-9H2,1-3H3,(H,17,19)(H2,14,15,16). The van der Waals surface area contributed by atoms with Crippen LogP contribution in [0.15, 0.2) is 18.3 Å². The SMILES string of the molecule is CCCNc1cc(NCCNC(=O)N(C)C)ccn1. The van der Waals surface area contributed by atoms with Crippen molar-refractivity contribution in [2.24, 2.45) is 0 Å². The third-order valence-electron chi connectivity index (χ3n) is 2.45. The van der Waals surface area contributed by atoms with Gasteiger partial charge in [0.25, 0.3) is 0 Å². The number of rotatable bonds is 7. The van der Waals surface area contributed by atoms with Crippen molar-refractivity contribution in [1.29, 1.82) is 0 Å². The first-order chi connectivity index (χ1) is 9.13. The largest absolute Gasteiger partial charge is 0.383 e. The maximum atomic E-state index is 11.3. The third kappa shape index (κ3) is 5.94. The van der Waals surface area contributed by atoms with Gasteiger partial charge in [-0.05, 0) is 12.5 Å². The van der Waals surface area contributed by atoms with Crippen LogP contribution in [0.25, 0.3) is 0 Å². The van der Waals surface area contributed by atoms with Gasteiger partial charge in [-0.15, -0.1) is 0 Å². The number of pyridine rings is 1. The van der Waals surface area contributed by atoms with Crippen LogP contribution in [0.5, 0.6) is 0 Å². The molecule has 6 nitrogen and oxygen atoms in total. The molecule has 2 amide bonds. The van der Waals surface area contributed by atoms with Crippen molar-refractivity contribution in [3.05, 3.63) is 18.3 Å². The van der Waals surface area contributed by atoms with Crippen molar-refractivity contribution < 1.29 is 4.79 Å². The third-order valence-corrected chi connectivity index (χ3v) is 2.45. The van der Waals surface area contributed by atoms with Gasteiger partial charge in [-0.3, -0.25) is 0 Å². The average molecular weight is 265 g/mol. The number of amides is 2. The van der Waals surface area contributed by atoms with Crippen molar-refractivity contribution in [1.82, 2.24) is 15.2 Å². The number of carbonyl (C=O) groups is 1. The molecule has 0 saturated carbocycles. The van der Waals surface area contributed by atoms with E-state index in [9.17, 15) is 4.79 Å². The molecule has 1 aromatic rings. The van der Waals surface area contributed by atoms with E-state index >= 15 is 0 Å². The van der Waals surface area contributed by atoms with E-state index in [1.54, 1.807) is 20.3 Å². The molecule has 0 fully saturated rings. The van der Waals surface area contributed by atoms with Crippen molar-refractivity contribution in [3.63, 3.8) is 0 Å². The van der Waals surface area contributed by atoms with E-state index in [1.165, 1.54) is 4.90 Å². The molecule has 0 atom stereocenters. The van der Waals surface area contributed by atoms with Crippen LogP contribution < -0.4 is 16.0 Å². The van der Waals surface area contributed by atoms with Crippen LogP contribution in [0.1, 0.15) is 13.3 Å². The Kier molecular flexibility index (Phi) is 6.49. The Morgan fingerprint density at radius 3 is 2.74 bits per heavy atom. The molecule has 1 aromatic heterocycles. The molecule has 0 radical (unpaired) electrons. The Labute approximate surface area is 114 Å². The second kappa shape index (κ2) is 8.18. The Morgan fingerprint density at radius 2 is 2.05 bits per heavy atom. The minimum atomic E-state index is -0.0816. The molecule has 1 heterocycles. The summed E-state index contributed by atoms with van der Waals surface area (Å²) in [6.07, 6.45) is 2.83. The van der Waals surface area contributed by atoms with Gasteiger partial charge in [0.2, 0.25) is 0 Å². The summed E-state index contributed by atoms with van der Waals surface area (Å²) in [5.74, 6) is 0.865. The van der Waals surface area contributed by atoms with Crippen LogP contribution >= 0.6 is 0 Å². The van der Waals surface area contributed by atoms with Gasteiger partial charge in [0, 0.05) is 51.7 Å². The van der Waals surface area contributed by atoms with Crippen molar-refractivity contribution >= 4 is 17.5 Å². The highest BCUT2D eigenvalue weighted by molar-refractivity contribution is 5.73. The minimum Gasteiger partial charge on any atom is -0.383 e. The van der Waals surface area contributed by atoms with Gasteiger partial charge in [0.15, 0.2) is 0 Å². The first-order valence-corrected chi connectivity index (χ1v) is 6.52. The van der Waals surface area contributed by atoms with Gasteiger partial charge >= 0.3 is 6.03 Å². The van der Waals surface area contributed by atoms with E-state index < -0.39 is 0 Å². The van der Waals surface area contributed by atoms with Crippen LogP contribution in [0.3, 0.4) is 0 Å². The fourth-order valence-electron chi connectivity index (χ4n) is 1.42. The van der Waals surface area contributed by atoms with Gasteiger partial charge in [-0.25, -0.2) is 9.78 Å². The first kappa shape index (κ1) is 15.1. The molecule has 0 bridgehead atoms. The Hall–Kier alpha value is -1.98. The summed E-state index contributed by atoms with van der Waals surface area (Å²) in [6, 6.07) is 3.79. The van der Waals surface area contributed by atoms with Gasteiger partial charge in [-0.1, -0.05) is 6.92 Å². The lowest BCUT2D eigenvalue weighted by molar-refractivity contribution is 0.218. The molecule has 0 aliphatic heterocycles. The zero-order valence-electron chi connectivity index (χ0n) is 11.9. The molecule has 3 N–H and O–H groups in total. The predicted octanol–water partition coefficient (Wildman–Crippen LogP) is 1.59. The monoisotopic (exact) mass is 265 g/mol. The predicted molar refractivity (Wildman–Crippen MR) is 78.6 cm³/mol. The van der Waals surface area contributed by atoms with E-state index in [1.807, 2.05) is 12.1 Å². The molecule has 1 rings (SSSR count). The number of aromatic nitrogens is 1. The fourth-order valence-corrected chi connectivity index (χ4v) is 1.42. The van der Waals surface area contributed by atoms with E-state index in [0.717, 1.165) is 24.5 Å². The quantitative estimate of drug-likeness (QED) is 0.655. The zero-order chi connectivity index (χ0) is 14.1. The lowest BCUT2D eigenvalue weighted by Crippen LogP contribution is -2.37. The topological polar surface area (TPSA) is 69.3 Å². The van der Waals surface area contributed by atoms with Crippen molar-refractivity contribution in [2.45, 2.75) is 13.3 Å². The number of hydrogen-bond acceptors (Lipinski definition) is 4. The van der Waals surface area contributed by atoms with Crippen LogP contribution in [0, 0.1) is 0 Å². The summed E-state index contributed by atoms with van der Waals surface area (Å²) in [5, 5.41) is 9.27. The molecule has 0 aliphatic carbocycles. The van der Waals surface area contributed by atoms with E-state index in [2.05, 4.69) is 27.9 Å². The molecule has 0 saturated heterocycles. The summed E-state index contributed by atoms with van der Waals surface area (Å²) < 4.78 is 0. The summed E-state index contributed by atoms with van der Waals surface area (Å²) in [6.45, 7) is 4.28. The summed E-state index contributed by atoms with van der Waals surface area (Å²) in [5.41, 5.74) is 0.993. The smallest absolute Gasteiger partial charge is 0.316 e. The van der Waals surface area contributed by atoms with Crippen LogP contribution in [-0.2, 0) is 0 Å². The van der Waals surface area contributed by atoms with Crippen LogP contribution in [0.2, 0.25) is 0 Å². The second-order valence-electron chi connectivity index (χ2n) is 4.41. The highest BCUT2D eigenvalue weighted by Gasteiger charge is 2.01. The Bertz CT molecular complexity index is 394. The van der Waals surface area contributed by atoms with Crippen LogP contribution in [-0.4, -0.2) is 49.6 Å². The molecule has 0 aromatic carbocycles. The molecular formula is C13H23N5O. The highest BCUT2D eigenvalue weighted by Crippen LogP contribution is 2.11. The van der Waals surface area contributed by atoms with E-state index in [4.69, 9.17) is 0 Å². The number of anilines is 2. The molecule has 6 heteroatoms. The van der Waals surface area contributed by atoms with Gasteiger partial charge in [-0.2, -0.15) is 0 Å². The van der Waals surface area contributed by atoms with Gasteiger partial charge in [0.1, 0.15) is 5.82 Å². The summed E-state index contributed by atoms with van der Waals surface area (Å²) in [4.78, 5) is 17.0. The maximum Gasteiger partial charge on any atom is 0.316 e. The Morgan fingerprint density at radius 1 is 1.26 bits per heavy atom. The van der Waals surface area contributed by atoms with Gasteiger partial charge < -0.3 is 20.9 Å². The molecule has 106 valence electrons. The molecule has 0 spiro atoms. The van der Waals surface area contributed by atoms with Crippen molar-refractivity contribution in [3.8, 4) is 0 Å². The van der Waals surface area contributed by atoms with Crippen LogP contribution in [0.4, 0.5) is 16.3 Å². The number of hydrogen-bond donors (Lipinski definition) is 3. The zero-order valence-corrected chi connectivity index (χ0v) is 11.9. The highest BCUT2D eigenvalue weighted by atomic mass is 16.2. The Balaban J connectivity index is 2.31. The minimum absolute atomic E-state index is 0.0816. The number of nitrogens with one attached hydrogen (secondary N) is 3. The molecular weight excluding hydrogens is 242 g/mol. The van der Waals surface area contributed by atoms with E-state index in [0.29, 0.717) is 13.1 Å². The molecule has 19 heavy (non-hydrogen) atoms. The number of carbonyl (C=O) groups excluding carboxylic acids is 1. The second-order valence-corrected chi connectivity index (χ2v) is 4.41. The van der Waals surface area contributed by atoms with Gasteiger partial charge in [0.05, 0.1) is 0 Å². The summed E-state index contributed by atoms with van der Waals surface area (Å²) in [7, 11) is 3.44. The summed E-state index contributed by atoms with van der Waals surface area (Å²) >= 11 is 0. The fraction of sp³-hybridized carbons (Fsp3) is 0.538. The maximum absolute atomic E-state index is 11.3.